The van der Waals surface area contributed by atoms with Crippen molar-refractivity contribution >= 4 is 5.97 Å². The summed E-state index contributed by atoms with van der Waals surface area (Å²) in [6.07, 6.45) is -33.0. The van der Waals surface area contributed by atoms with Gasteiger partial charge in [-0.1, -0.05) is 0 Å². The lowest BCUT2D eigenvalue weighted by atomic mass is 9.95. The van der Waals surface area contributed by atoms with E-state index in [1.807, 2.05) is 0 Å². The molecule has 8 unspecified atom stereocenters. The van der Waals surface area contributed by atoms with E-state index >= 15 is 0 Å². The summed E-state index contributed by atoms with van der Waals surface area (Å²) in [7, 11) is 2.40. The highest BCUT2D eigenvalue weighted by atomic mass is 16.8. The molecule has 20 atom stereocenters. The summed E-state index contributed by atoms with van der Waals surface area (Å²) in [4.78, 5) is 11.6. The van der Waals surface area contributed by atoms with E-state index in [9.17, 15) is 61.0 Å². The van der Waals surface area contributed by atoms with Crippen LogP contribution in [0.15, 0.2) is 0 Å². The van der Waals surface area contributed by atoms with Gasteiger partial charge in [-0.15, -0.1) is 0 Å². The summed E-state index contributed by atoms with van der Waals surface area (Å²) < 4.78 is 54.2. The largest absolute Gasteiger partial charge is 0.463 e. The lowest BCUT2D eigenvalue weighted by molar-refractivity contribution is -0.388. The maximum atomic E-state index is 11.6. The van der Waals surface area contributed by atoms with Gasteiger partial charge in [0.05, 0.1) is 19.8 Å². The molecule has 0 saturated carbocycles. The number of carbonyl (C=O) groups excluding carboxylic acids is 1. The molecule has 292 valence electrons. The van der Waals surface area contributed by atoms with Gasteiger partial charge in [0.15, 0.2) is 25.2 Å². The Balaban J connectivity index is 1.48. The van der Waals surface area contributed by atoms with Crippen LogP contribution in [0, 0.1) is 0 Å². The molecule has 4 fully saturated rings. The van der Waals surface area contributed by atoms with Crippen LogP contribution in [-0.4, -0.2) is 226 Å². The summed E-state index contributed by atoms with van der Waals surface area (Å²) in [5.74, 6) is -0.786. The van der Waals surface area contributed by atoms with Gasteiger partial charge in [-0.05, 0) is 0 Å². The molecule has 0 aromatic carbocycles. The van der Waals surface area contributed by atoms with Gasteiger partial charge in [-0.2, -0.15) is 0 Å². The van der Waals surface area contributed by atoms with Crippen LogP contribution in [0.25, 0.3) is 0 Å². The Morgan fingerprint density at radius 2 is 0.800 bits per heavy atom. The number of ether oxygens (including phenoxy) is 10. The second-order valence-corrected chi connectivity index (χ2v) is 12.2. The molecule has 0 aromatic heterocycles. The minimum Gasteiger partial charge on any atom is -0.463 e. The van der Waals surface area contributed by atoms with Gasteiger partial charge < -0.3 is 104 Å². The first-order valence-electron chi connectivity index (χ1n) is 15.8. The number of esters is 1. The first-order chi connectivity index (χ1) is 23.7. The third-order valence-corrected chi connectivity index (χ3v) is 8.93. The lowest BCUT2D eigenvalue weighted by Crippen LogP contribution is -2.67. The fraction of sp³-hybridized carbons (Fsp3) is 0.964. The van der Waals surface area contributed by atoms with E-state index in [0.29, 0.717) is 0 Å². The number of hydrogen-bond acceptors (Lipinski definition) is 22. The predicted molar refractivity (Wildman–Crippen MR) is 153 cm³/mol. The Hall–Kier alpha value is -1.33. The van der Waals surface area contributed by atoms with Crippen LogP contribution in [0.4, 0.5) is 0 Å². The molecule has 22 nitrogen and oxygen atoms in total. The van der Waals surface area contributed by atoms with Crippen molar-refractivity contribution in [1.82, 2.24) is 0 Å². The standard InChI is InChI=1S/C28H48O22/c1-8(32)43-7-12-24(50-26-18(38)13(33)21(41-2)9(4-29)45-26)16(36)20(40)28(47-12)49-23-11(6-31)46-27(19(39)15(23)35)48-22-10(5-30)44-25(42-3)17(37)14(22)34/h9-31,33-40H,4-7H2,1-3H3/t9?,10?,11?,12?,13-,14-,15-,16-,17?,18?,19?,20?,21-,22-,23-,24-,25-,26+,27+,28+/m1/s1. The lowest BCUT2D eigenvalue weighted by Gasteiger charge is -2.49. The predicted octanol–water partition coefficient (Wildman–Crippen LogP) is -7.87. The third kappa shape index (κ3) is 8.72. The summed E-state index contributed by atoms with van der Waals surface area (Å²) >= 11 is 0. The summed E-state index contributed by atoms with van der Waals surface area (Å²) in [5, 5.41) is 116. The molecule has 0 spiro atoms. The molecule has 0 amide bonds. The smallest absolute Gasteiger partial charge is 0.302 e. The first kappa shape index (κ1) is 41.4. The highest BCUT2D eigenvalue weighted by molar-refractivity contribution is 5.65. The van der Waals surface area contributed by atoms with Crippen LogP contribution in [0.5, 0.6) is 0 Å². The molecule has 50 heavy (non-hydrogen) atoms. The third-order valence-electron chi connectivity index (χ3n) is 8.93. The molecule has 4 heterocycles. The van der Waals surface area contributed by atoms with Crippen molar-refractivity contribution in [3.8, 4) is 0 Å². The first-order valence-corrected chi connectivity index (χ1v) is 15.8. The molecule has 0 aliphatic carbocycles. The average Bonchev–Trinajstić information content (AvgIpc) is 3.10. The van der Waals surface area contributed by atoms with Gasteiger partial charge in [0, 0.05) is 21.1 Å². The Morgan fingerprint density at radius 1 is 0.480 bits per heavy atom. The Morgan fingerprint density at radius 3 is 1.16 bits per heavy atom. The van der Waals surface area contributed by atoms with Crippen LogP contribution >= 0.6 is 0 Å². The van der Waals surface area contributed by atoms with Crippen LogP contribution < -0.4 is 0 Å². The van der Waals surface area contributed by atoms with E-state index in [0.717, 1.165) is 6.92 Å². The van der Waals surface area contributed by atoms with E-state index in [1.165, 1.54) is 14.2 Å². The molecule has 4 aliphatic rings. The van der Waals surface area contributed by atoms with Gasteiger partial charge in [0.2, 0.25) is 0 Å². The fourth-order valence-electron chi connectivity index (χ4n) is 6.19. The molecule has 0 radical (unpaired) electrons. The topological polar surface area (TPSA) is 332 Å². The second kappa shape index (κ2) is 18.1. The highest BCUT2D eigenvalue weighted by Gasteiger charge is 2.55. The van der Waals surface area contributed by atoms with E-state index in [4.69, 9.17) is 47.4 Å². The van der Waals surface area contributed by atoms with E-state index in [-0.39, 0.29) is 0 Å². The normalized spacial score (nSPS) is 48.7. The number of aliphatic hydroxyl groups excluding tert-OH is 11. The second-order valence-electron chi connectivity index (χ2n) is 12.2. The molecule has 0 aromatic rings. The molecule has 4 saturated heterocycles. The SMILES string of the molecule is CO[C@@H]1OC(CO)[C@@H](O[C@@H]2OC(CO)[C@@H](O[C@@H]3OC(COC(C)=O)[C@@H](O[C@@H]4OC(CO)[C@@H](OC)[C@H](O)C4O)[C@H](O)C3O)[C@H](O)C2O)[C@H](O)C1O. The van der Waals surface area contributed by atoms with Crippen molar-refractivity contribution in [2.24, 2.45) is 0 Å². The number of carbonyl (C=O) groups is 1. The van der Waals surface area contributed by atoms with Crippen molar-refractivity contribution in [3.05, 3.63) is 0 Å². The zero-order chi connectivity index (χ0) is 37.0. The van der Waals surface area contributed by atoms with Crippen molar-refractivity contribution in [1.29, 1.82) is 0 Å². The van der Waals surface area contributed by atoms with Gasteiger partial charge in [0.1, 0.15) is 104 Å². The zero-order valence-electron chi connectivity index (χ0n) is 27.3. The quantitative estimate of drug-likeness (QED) is 0.0782. The molecule has 4 rings (SSSR count). The molecule has 22 heteroatoms. The van der Waals surface area contributed by atoms with E-state index in [2.05, 4.69) is 0 Å². The maximum Gasteiger partial charge on any atom is 0.302 e. The van der Waals surface area contributed by atoms with Crippen LogP contribution in [0.3, 0.4) is 0 Å². The number of rotatable bonds is 13. The molecule has 0 bridgehead atoms. The maximum absolute atomic E-state index is 11.6. The Bertz CT molecular complexity index is 1050. The van der Waals surface area contributed by atoms with Gasteiger partial charge >= 0.3 is 5.97 Å². The van der Waals surface area contributed by atoms with Crippen molar-refractivity contribution in [2.45, 2.75) is 130 Å². The summed E-state index contributed by atoms with van der Waals surface area (Å²) in [6.45, 7) is -1.84. The monoisotopic (exact) mass is 736 g/mol. The van der Waals surface area contributed by atoms with Crippen molar-refractivity contribution in [2.75, 3.05) is 40.6 Å². The minimum atomic E-state index is -2.02. The van der Waals surface area contributed by atoms with Crippen LogP contribution in [0.2, 0.25) is 0 Å². The van der Waals surface area contributed by atoms with Gasteiger partial charge in [0.25, 0.3) is 0 Å². The summed E-state index contributed by atoms with van der Waals surface area (Å²) in [5.41, 5.74) is 0. The van der Waals surface area contributed by atoms with E-state index in [1.54, 1.807) is 0 Å². The van der Waals surface area contributed by atoms with E-state index < -0.39 is 155 Å². The van der Waals surface area contributed by atoms with Gasteiger partial charge in [-0.3, -0.25) is 4.79 Å². The summed E-state index contributed by atoms with van der Waals surface area (Å²) in [6, 6.07) is 0. The number of methoxy groups -OCH3 is 2. The molecule has 11 N–H and O–H groups in total. The van der Waals surface area contributed by atoms with Crippen LogP contribution in [-0.2, 0) is 52.2 Å². The molecular formula is C28H48O22. The zero-order valence-corrected chi connectivity index (χ0v) is 27.3. The average molecular weight is 737 g/mol. The fourth-order valence-corrected chi connectivity index (χ4v) is 6.19. The molecule has 4 aliphatic heterocycles. The van der Waals surface area contributed by atoms with Gasteiger partial charge in [-0.25, -0.2) is 0 Å². The number of hydrogen-bond donors (Lipinski definition) is 11. The Labute approximate surface area is 285 Å². The Kier molecular flexibility index (Phi) is 15.0. The van der Waals surface area contributed by atoms with Crippen molar-refractivity contribution < 1.29 is 108 Å². The highest BCUT2D eigenvalue weighted by Crippen LogP contribution is 2.34. The van der Waals surface area contributed by atoms with Crippen molar-refractivity contribution in [3.63, 3.8) is 0 Å². The minimum absolute atomic E-state index is 0.627. The van der Waals surface area contributed by atoms with Crippen LogP contribution in [0.1, 0.15) is 6.92 Å². The number of aliphatic hydroxyl groups is 11. The molecular weight excluding hydrogens is 688 g/mol.